The number of ether oxygens (including phenoxy) is 1. The van der Waals surface area contributed by atoms with Gasteiger partial charge < -0.3 is 9.84 Å². The van der Waals surface area contributed by atoms with Crippen molar-refractivity contribution in [3.63, 3.8) is 0 Å². The van der Waals surface area contributed by atoms with E-state index in [1.165, 1.54) is 0 Å². The fourth-order valence-electron chi connectivity index (χ4n) is 2.57. The van der Waals surface area contributed by atoms with Crippen molar-refractivity contribution in [1.29, 1.82) is 0 Å². The molecule has 0 amide bonds. The van der Waals surface area contributed by atoms with Crippen LogP contribution in [0.15, 0.2) is 18.2 Å². The van der Waals surface area contributed by atoms with Crippen LogP contribution in [0.3, 0.4) is 0 Å². The molecular formula is C14H19NO4. The predicted octanol–water partition coefficient (Wildman–Crippen LogP) is 2.83. The maximum Gasteiger partial charge on any atom is 0.313 e. The molecule has 1 aromatic carbocycles. The number of para-hydroxylation sites is 1. The zero-order valence-electron chi connectivity index (χ0n) is 11.0. The molecule has 0 radical (unpaired) electrons. The summed E-state index contributed by atoms with van der Waals surface area (Å²) >= 11 is 0. The maximum atomic E-state index is 11.1. The van der Waals surface area contributed by atoms with Crippen LogP contribution in [0.25, 0.3) is 0 Å². The van der Waals surface area contributed by atoms with E-state index in [4.69, 9.17) is 9.84 Å². The number of nitrogens with zero attached hydrogens (tertiary/aromatic N) is 1. The molecule has 0 spiro atoms. The van der Waals surface area contributed by atoms with Crippen molar-refractivity contribution in [2.45, 2.75) is 38.7 Å². The number of hydrogen-bond donors (Lipinski definition) is 1. The van der Waals surface area contributed by atoms with Crippen molar-refractivity contribution in [1.82, 2.24) is 0 Å². The normalized spacial score (nSPS) is 23.1. The van der Waals surface area contributed by atoms with Crippen LogP contribution in [-0.2, 0) is 0 Å². The van der Waals surface area contributed by atoms with Crippen LogP contribution < -0.4 is 4.74 Å². The Morgan fingerprint density at radius 1 is 1.37 bits per heavy atom. The molecule has 0 heterocycles. The first kappa shape index (κ1) is 13.8. The molecule has 1 aliphatic rings. The summed E-state index contributed by atoms with van der Waals surface area (Å²) < 4.78 is 5.80. The molecule has 5 heteroatoms. The summed E-state index contributed by atoms with van der Waals surface area (Å²) in [5.74, 6) is 0.713. The number of aryl methyl sites for hydroxylation is 1. The summed E-state index contributed by atoms with van der Waals surface area (Å²) in [6, 6.07) is 5.15. The van der Waals surface area contributed by atoms with E-state index in [1.54, 1.807) is 25.1 Å². The number of hydrogen-bond acceptors (Lipinski definition) is 4. The Kier molecular flexibility index (Phi) is 4.37. The van der Waals surface area contributed by atoms with Gasteiger partial charge >= 0.3 is 5.69 Å². The van der Waals surface area contributed by atoms with Gasteiger partial charge in [-0.2, -0.15) is 0 Å². The van der Waals surface area contributed by atoms with Crippen molar-refractivity contribution in [3.8, 4) is 5.75 Å². The molecule has 0 atom stereocenters. The molecule has 0 aliphatic heterocycles. The molecule has 1 N–H and O–H groups in total. The molecular weight excluding hydrogens is 246 g/mol. The first-order valence-electron chi connectivity index (χ1n) is 6.63. The van der Waals surface area contributed by atoms with Crippen molar-refractivity contribution in [2.24, 2.45) is 5.92 Å². The summed E-state index contributed by atoms with van der Waals surface area (Å²) in [6.45, 7) is 1.94. The average molecular weight is 265 g/mol. The van der Waals surface area contributed by atoms with Gasteiger partial charge in [0.1, 0.15) is 0 Å². The first-order chi connectivity index (χ1) is 9.11. The number of rotatable bonds is 4. The smallest absolute Gasteiger partial charge is 0.313 e. The second-order valence-corrected chi connectivity index (χ2v) is 5.12. The Balaban J connectivity index is 2.08. The molecule has 104 valence electrons. The SMILES string of the molecule is Cc1cccc(OC2CCC(CO)CC2)c1[N+](=O)[O-]. The van der Waals surface area contributed by atoms with Crippen LogP contribution in [0.1, 0.15) is 31.2 Å². The number of nitro groups is 1. The molecule has 2 rings (SSSR count). The maximum absolute atomic E-state index is 11.1. The minimum Gasteiger partial charge on any atom is -0.483 e. The van der Waals surface area contributed by atoms with Gasteiger partial charge in [-0.15, -0.1) is 0 Å². The zero-order chi connectivity index (χ0) is 13.8. The van der Waals surface area contributed by atoms with Gasteiger partial charge in [-0.1, -0.05) is 12.1 Å². The molecule has 1 saturated carbocycles. The fraction of sp³-hybridized carbons (Fsp3) is 0.571. The highest BCUT2D eigenvalue weighted by Gasteiger charge is 2.25. The lowest BCUT2D eigenvalue weighted by Crippen LogP contribution is -2.25. The highest BCUT2D eigenvalue weighted by molar-refractivity contribution is 5.52. The molecule has 0 aromatic heterocycles. The molecule has 1 fully saturated rings. The molecule has 19 heavy (non-hydrogen) atoms. The van der Waals surface area contributed by atoms with Crippen molar-refractivity contribution < 1.29 is 14.8 Å². The van der Waals surface area contributed by atoms with Crippen molar-refractivity contribution >= 4 is 5.69 Å². The van der Waals surface area contributed by atoms with E-state index in [-0.39, 0.29) is 23.3 Å². The zero-order valence-corrected chi connectivity index (χ0v) is 11.0. The third-order valence-corrected chi connectivity index (χ3v) is 3.73. The summed E-state index contributed by atoms with van der Waals surface area (Å²) in [5.41, 5.74) is 0.679. The number of nitro benzene ring substituents is 1. The second-order valence-electron chi connectivity index (χ2n) is 5.12. The van der Waals surface area contributed by atoms with Gasteiger partial charge in [0, 0.05) is 12.2 Å². The number of aliphatic hydroxyl groups is 1. The van der Waals surface area contributed by atoms with Crippen LogP contribution in [0.2, 0.25) is 0 Å². The van der Waals surface area contributed by atoms with E-state index in [0.29, 0.717) is 17.2 Å². The predicted molar refractivity (Wildman–Crippen MR) is 71.3 cm³/mol. The summed E-state index contributed by atoms with van der Waals surface area (Å²) in [7, 11) is 0. The standard InChI is InChI=1S/C14H19NO4/c1-10-3-2-4-13(14(10)15(17)18)19-12-7-5-11(9-16)6-8-12/h2-4,11-12,16H,5-9H2,1H3. The van der Waals surface area contributed by atoms with Gasteiger partial charge in [0.25, 0.3) is 0 Å². The highest BCUT2D eigenvalue weighted by atomic mass is 16.6. The third kappa shape index (κ3) is 3.23. The lowest BCUT2D eigenvalue weighted by Gasteiger charge is -2.27. The van der Waals surface area contributed by atoms with Gasteiger partial charge in [0.2, 0.25) is 0 Å². The van der Waals surface area contributed by atoms with Gasteiger partial charge in [-0.25, -0.2) is 0 Å². The molecule has 0 saturated heterocycles. The quantitative estimate of drug-likeness (QED) is 0.671. The largest absolute Gasteiger partial charge is 0.483 e. The van der Waals surface area contributed by atoms with Crippen molar-refractivity contribution in [2.75, 3.05) is 6.61 Å². The van der Waals surface area contributed by atoms with Crippen LogP contribution in [-0.4, -0.2) is 22.7 Å². The lowest BCUT2D eigenvalue weighted by atomic mass is 9.88. The fourth-order valence-corrected chi connectivity index (χ4v) is 2.57. The van der Waals surface area contributed by atoms with E-state index in [0.717, 1.165) is 25.7 Å². The van der Waals surface area contributed by atoms with E-state index >= 15 is 0 Å². The Hall–Kier alpha value is -1.62. The van der Waals surface area contributed by atoms with E-state index in [1.807, 2.05) is 0 Å². The van der Waals surface area contributed by atoms with Crippen LogP contribution in [0.5, 0.6) is 5.75 Å². The average Bonchev–Trinajstić information content (AvgIpc) is 2.39. The van der Waals surface area contributed by atoms with Crippen LogP contribution >= 0.6 is 0 Å². The highest BCUT2D eigenvalue weighted by Crippen LogP contribution is 2.34. The topological polar surface area (TPSA) is 72.6 Å². The molecule has 5 nitrogen and oxygen atoms in total. The monoisotopic (exact) mass is 265 g/mol. The molecule has 0 unspecified atom stereocenters. The molecule has 0 bridgehead atoms. The summed E-state index contributed by atoms with van der Waals surface area (Å²) in [4.78, 5) is 10.7. The second kappa shape index (κ2) is 6.02. The van der Waals surface area contributed by atoms with Gasteiger partial charge in [-0.3, -0.25) is 10.1 Å². The molecule has 1 aromatic rings. The summed E-state index contributed by atoms with van der Waals surface area (Å²) in [5, 5.41) is 20.2. The first-order valence-corrected chi connectivity index (χ1v) is 6.63. The summed E-state index contributed by atoms with van der Waals surface area (Å²) in [6.07, 6.45) is 3.54. The Labute approximate surface area is 112 Å². The van der Waals surface area contributed by atoms with E-state index in [2.05, 4.69) is 0 Å². The lowest BCUT2D eigenvalue weighted by molar-refractivity contribution is -0.386. The number of aliphatic hydroxyl groups excluding tert-OH is 1. The van der Waals surface area contributed by atoms with Crippen LogP contribution in [0, 0.1) is 23.0 Å². The van der Waals surface area contributed by atoms with Gasteiger partial charge in [-0.05, 0) is 44.6 Å². The Morgan fingerprint density at radius 3 is 2.63 bits per heavy atom. The van der Waals surface area contributed by atoms with Crippen LogP contribution in [0.4, 0.5) is 5.69 Å². The van der Waals surface area contributed by atoms with Crippen molar-refractivity contribution in [3.05, 3.63) is 33.9 Å². The Bertz CT molecular complexity index is 453. The Morgan fingerprint density at radius 2 is 2.05 bits per heavy atom. The van der Waals surface area contributed by atoms with Gasteiger partial charge in [0.15, 0.2) is 5.75 Å². The molecule has 1 aliphatic carbocycles. The van der Waals surface area contributed by atoms with E-state index in [9.17, 15) is 10.1 Å². The number of benzene rings is 1. The van der Waals surface area contributed by atoms with Gasteiger partial charge in [0.05, 0.1) is 11.0 Å². The third-order valence-electron chi connectivity index (χ3n) is 3.73. The minimum absolute atomic E-state index is 0.0169. The van der Waals surface area contributed by atoms with E-state index < -0.39 is 0 Å². The minimum atomic E-state index is -0.385.